The van der Waals surface area contributed by atoms with Crippen LogP contribution in [0.2, 0.25) is 0 Å². The fourth-order valence-corrected chi connectivity index (χ4v) is 1.67. The molecule has 0 aromatic heterocycles. The zero-order valence-corrected chi connectivity index (χ0v) is 11.4. The molecule has 0 radical (unpaired) electrons. The molecule has 0 saturated heterocycles. The number of nitrogens with one attached hydrogen (secondary N) is 1. The maximum atomic E-state index is 13.7. The van der Waals surface area contributed by atoms with E-state index in [0.717, 1.165) is 12.0 Å². The minimum atomic E-state index is -0.419. The summed E-state index contributed by atoms with van der Waals surface area (Å²) >= 11 is 0. The van der Waals surface area contributed by atoms with Crippen molar-refractivity contribution in [3.05, 3.63) is 29.6 Å². The Morgan fingerprint density at radius 2 is 2.26 bits per heavy atom. The summed E-state index contributed by atoms with van der Waals surface area (Å²) in [5, 5.41) is 2.49. The Kier molecular flexibility index (Phi) is 6.29. The monoisotopic (exact) mass is 268 g/mol. The highest BCUT2D eigenvalue weighted by Crippen LogP contribution is 2.24. The van der Waals surface area contributed by atoms with Gasteiger partial charge < -0.3 is 15.8 Å². The van der Waals surface area contributed by atoms with Crippen molar-refractivity contribution in [2.24, 2.45) is 5.73 Å². The topological polar surface area (TPSA) is 64.3 Å². The molecule has 19 heavy (non-hydrogen) atoms. The van der Waals surface area contributed by atoms with E-state index >= 15 is 0 Å². The summed E-state index contributed by atoms with van der Waals surface area (Å²) in [6.45, 7) is 2.13. The number of hydrogen-bond donors (Lipinski definition) is 2. The van der Waals surface area contributed by atoms with Gasteiger partial charge in [0.05, 0.1) is 13.0 Å². The number of para-hydroxylation sites is 1. The molecule has 0 aliphatic carbocycles. The van der Waals surface area contributed by atoms with Gasteiger partial charge in [0.25, 0.3) is 0 Å². The molecular formula is C14H21FN2O2. The lowest BCUT2D eigenvalue weighted by Gasteiger charge is -2.14. The number of rotatable bonds is 7. The lowest BCUT2D eigenvalue weighted by molar-refractivity contribution is -0.121. The van der Waals surface area contributed by atoms with Crippen molar-refractivity contribution in [1.29, 1.82) is 0 Å². The highest BCUT2D eigenvalue weighted by molar-refractivity contribution is 5.75. The molecule has 0 heterocycles. The summed E-state index contributed by atoms with van der Waals surface area (Å²) in [5.74, 6) is -0.351. The van der Waals surface area contributed by atoms with Crippen LogP contribution in [0.1, 0.15) is 25.3 Å². The number of ether oxygens (including phenoxy) is 1. The van der Waals surface area contributed by atoms with Crippen LogP contribution in [0.4, 0.5) is 4.39 Å². The molecule has 4 nitrogen and oxygen atoms in total. The Hall–Kier alpha value is -1.62. The van der Waals surface area contributed by atoms with Crippen molar-refractivity contribution in [2.75, 3.05) is 13.7 Å². The molecule has 106 valence electrons. The van der Waals surface area contributed by atoms with Crippen LogP contribution < -0.4 is 15.8 Å². The van der Waals surface area contributed by atoms with Gasteiger partial charge >= 0.3 is 0 Å². The highest BCUT2D eigenvalue weighted by Gasteiger charge is 2.12. The largest absolute Gasteiger partial charge is 0.490 e. The van der Waals surface area contributed by atoms with Crippen LogP contribution in [-0.2, 0) is 11.2 Å². The van der Waals surface area contributed by atoms with Gasteiger partial charge in [0, 0.05) is 13.1 Å². The third kappa shape index (κ3) is 4.87. The lowest BCUT2D eigenvalue weighted by atomic mass is 10.0. The van der Waals surface area contributed by atoms with E-state index in [9.17, 15) is 9.18 Å². The van der Waals surface area contributed by atoms with Gasteiger partial charge in [0.15, 0.2) is 11.6 Å². The maximum absolute atomic E-state index is 13.7. The summed E-state index contributed by atoms with van der Waals surface area (Å²) in [5.41, 5.74) is 6.62. The molecule has 0 aliphatic heterocycles. The van der Waals surface area contributed by atoms with Crippen molar-refractivity contribution in [2.45, 2.75) is 32.2 Å². The number of halogens is 1. The predicted octanol–water partition coefficient (Wildman–Crippen LogP) is 1.62. The van der Waals surface area contributed by atoms with Crippen LogP contribution in [0.15, 0.2) is 18.2 Å². The second-order valence-corrected chi connectivity index (χ2v) is 4.37. The van der Waals surface area contributed by atoms with Gasteiger partial charge in [-0.15, -0.1) is 0 Å². The number of carbonyl (C=O) groups excluding carboxylic acids is 1. The zero-order chi connectivity index (χ0) is 14.3. The lowest BCUT2D eigenvalue weighted by Crippen LogP contribution is -2.23. The Balaban J connectivity index is 2.71. The second kappa shape index (κ2) is 7.74. The van der Waals surface area contributed by atoms with E-state index in [1.807, 2.05) is 6.92 Å². The van der Waals surface area contributed by atoms with E-state index in [4.69, 9.17) is 10.5 Å². The third-order valence-corrected chi connectivity index (χ3v) is 2.91. The molecule has 1 amide bonds. The highest BCUT2D eigenvalue weighted by atomic mass is 19.1. The molecule has 0 aliphatic rings. The fraction of sp³-hybridized carbons (Fsp3) is 0.500. The first kappa shape index (κ1) is 15.4. The molecular weight excluding hydrogens is 247 g/mol. The standard InChI is InChI=1S/C14H21FN2O2/c1-3-11(16)9-10-5-4-6-12(15)14(10)19-8-7-13(18)17-2/h4-6,11H,3,7-9,16H2,1-2H3,(H,17,18). The molecule has 1 unspecified atom stereocenters. The van der Waals surface area contributed by atoms with Crippen LogP contribution in [0.3, 0.4) is 0 Å². The van der Waals surface area contributed by atoms with E-state index < -0.39 is 5.82 Å². The van der Waals surface area contributed by atoms with Crippen LogP contribution in [0.5, 0.6) is 5.75 Å². The molecule has 0 spiro atoms. The number of nitrogens with two attached hydrogens (primary N) is 1. The Bertz CT molecular complexity index is 424. The van der Waals surface area contributed by atoms with E-state index in [1.165, 1.54) is 6.07 Å². The van der Waals surface area contributed by atoms with E-state index in [1.54, 1.807) is 19.2 Å². The quantitative estimate of drug-likeness (QED) is 0.790. The first-order valence-corrected chi connectivity index (χ1v) is 6.44. The van der Waals surface area contributed by atoms with Crippen molar-refractivity contribution >= 4 is 5.91 Å². The van der Waals surface area contributed by atoms with Crippen molar-refractivity contribution in [3.63, 3.8) is 0 Å². The fourth-order valence-electron chi connectivity index (χ4n) is 1.67. The first-order valence-electron chi connectivity index (χ1n) is 6.44. The smallest absolute Gasteiger partial charge is 0.223 e. The van der Waals surface area contributed by atoms with Crippen molar-refractivity contribution < 1.29 is 13.9 Å². The summed E-state index contributed by atoms with van der Waals surface area (Å²) in [7, 11) is 1.55. The number of hydrogen-bond acceptors (Lipinski definition) is 3. The van der Waals surface area contributed by atoms with Gasteiger partial charge in [-0.1, -0.05) is 19.1 Å². The summed E-state index contributed by atoms with van der Waals surface area (Å²) < 4.78 is 19.1. The van der Waals surface area contributed by atoms with Gasteiger partial charge in [-0.25, -0.2) is 4.39 Å². The number of carbonyl (C=O) groups is 1. The summed E-state index contributed by atoms with van der Waals surface area (Å²) in [6.07, 6.45) is 1.57. The average Bonchev–Trinajstić information content (AvgIpc) is 2.41. The van der Waals surface area contributed by atoms with E-state index in [0.29, 0.717) is 6.42 Å². The molecule has 0 bridgehead atoms. The van der Waals surface area contributed by atoms with Crippen LogP contribution >= 0.6 is 0 Å². The minimum absolute atomic E-state index is 0.0249. The maximum Gasteiger partial charge on any atom is 0.223 e. The Labute approximate surface area is 113 Å². The van der Waals surface area contributed by atoms with Crippen molar-refractivity contribution in [3.8, 4) is 5.75 Å². The number of benzene rings is 1. The summed E-state index contributed by atoms with van der Waals surface area (Å²) in [4.78, 5) is 11.1. The average molecular weight is 268 g/mol. The normalized spacial score (nSPS) is 12.0. The van der Waals surface area contributed by atoms with E-state index in [2.05, 4.69) is 5.32 Å². The molecule has 1 aromatic carbocycles. The molecule has 1 rings (SSSR count). The predicted molar refractivity (Wildman–Crippen MR) is 72.5 cm³/mol. The van der Waals surface area contributed by atoms with Gasteiger partial charge in [0.1, 0.15) is 0 Å². The van der Waals surface area contributed by atoms with Crippen LogP contribution in [0, 0.1) is 5.82 Å². The zero-order valence-electron chi connectivity index (χ0n) is 11.4. The third-order valence-electron chi connectivity index (χ3n) is 2.91. The molecule has 5 heteroatoms. The Morgan fingerprint density at radius 1 is 1.53 bits per heavy atom. The molecule has 1 aromatic rings. The molecule has 1 atom stereocenters. The Morgan fingerprint density at radius 3 is 2.89 bits per heavy atom. The SMILES string of the molecule is CCC(N)Cc1cccc(F)c1OCCC(=O)NC. The van der Waals surface area contributed by atoms with E-state index in [-0.39, 0.29) is 30.7 Å². The number of amides is 1. The van der Waals surface area contributed by atoms with Gasteiger partial charge in [-0.05, 0) is 24.5 Å². The summed E-state index contributed by atoms with van der Waals surface area (Å²) in [6, 6.07) is 4.76. The van der Waals surface area contributed by atoms with Crippen LogP contribution in [-0.4, -0.2) is 25.6 Å². The van der Waals surface area contributed by atoms with Crippen molar-refractivity contribution in [1.82, 2.24) is 5.32 Å². The molecule has 0 fully saturated rings. The van der Waals surface area contributed by atoms with Gasteiger partial charge in [0.2, 0.25) is 5.91 Å². The first-order chi connectivity index (χ1) is 9.08. The van der Waals surface area contributed by atoms with Gasteiger partial charge in [-0.2, -0.15) is 0 Å². The molecule has 3 N–H and O–H groups in total. The molecule has 0 saturated carbocycles. The van der Waals surface area contributed by atoms with Gasteiger partial charge in [-0.3, -0.25) is 4.79 Å². The van der Waals surface area contributed by atoms with Crippen LogP contribution in [0.25, 0.3) is 0 Å². The second-order valence-electron chi connectivity index (χ2n) is 4.37. The minimum Gasteiger partial charge on any atom is -0.490 e.